The summed E-state index contributed by atoms with van der Waals surface area (Å²) in [5.41, 5.74) is 0.917. The van der Waals surface area contributed by atoms with E-state index in [9.17, 15) is 4.79 Å². The van der Waals surface area contributed by atoms with Crippen LogP contribution in [0.5, 0.6) is 0 Å². The van der Waals surface area contributed by atoms with Crippen molar-refractivity contribution in [3.63, 3.8) is 0 Å². The van der Waals surface area contributed by atoms with Gasteiger partial charge in [0.05, 0.1) is 7.17 Å². The highest BCUT2D eigenvalue weighted by Crippen LogP contribution is 1.94. The van der Waals surface area contributed by atoms with Gasteiger partial charge in [-0.25, -0.2) is 0 Å². The van der Waals surface area contributed by atoms with Crippen LogP contribution in [0.2, 0.25) is 0 Å². The highest BCUT2D eigenvalue weighted by molar-refractivity contribution is 7.49. The summed E-state index contributed by atoms with van der Waals surface area (Å²) in [5.74, 6) is -0.962. The van der Waals surface area contributed by atoms with Crippen LogP contribution >= 0.6 is 0 Å². The van der Waals surface area contributed by atoms with E-state index in [0.29, 0.717) is 0 Å². The Balaban J connectivity index is 3.92. The van der Waals surface area contributed by atoms with Crippen LogP contribution in [-0.2, 0) is 0 Å². The van der Waals surface area contributed by atoms with Gasteiger partial charge in [-0.1, -0.05) is 49.0 Å². The van der Waals surface area contributed by atoms with Crippen LogP contribution in [0.4, 0.5) is 4.79 Å². The fraction of sp³-hybridized carbons (Fsp3) is 0. The van der Waals surface area contributed by atoms with E-state index in [1.807, 2.05) is 12.2 Å². The molecule has 15 heavy (non-hydrogen) atoms. The molecule has 70 valence electrons. The molecule has 0 atom stereocenters. The maximum atomic E-state index is 10.2. The number of carbonyl (C=O) groups is 1. The summed E-state index contributed by atoms with van der Waals surface area (Å²) >= 11 is 0. The van der Waals surface area contributed by atoms with Gasteiger partial charge in [0.1, 0.15) is 0 Å². The van der Waals surface area contributed by atoms with E-state index in [-0.39, 0.29) is 0 Å². The minimum atomic E-state index is -0.962. The SMILES string of the molecule is C=C/C=C\C([B][B][B][B]C(=O)O)=C/C=C. The van der Waals surface area contributed by atoms with Gasteiger partial charge in [-0.15, -0.1) is 0 Å². The number of rotatable bonds is 8. The van der Waals surface area contributed by atoms with Gasteiger partial charge >= 0.3 is 0 Å². The average molecular weight is 193 g/mol. The smallest absolute Gasteiger partial charge is 0.231 e. The van der Waals surface area contributed by atoms with Crippen LogP contribution in [0, 0.1) is 0 Å². The van der Waals surface area contributed by atoms with Gasteiger partial charge in [-0.05, 0) is 0 Å². The summed E-state index contributed by atoms with van der Waals surface area (Å²) in [6, 6.07) is 0. The molecule has 0 fully saturated rings. The summed E-state index contributed by atoms with van der Waals surface area (Å²) in [4.78, 5) is 10.2. The van der Waals surface area contributed by atoms with E-state index in [1.54, 1.807) is 32.5 Å². The Kier molecular flexibility index (Phi) is 8.44. The first-order valence-corrected chi connectivity index (χ1v) is 4.40. The highest BCUT2D eigenvalue weighted by Gasteiger charge is 2.02. The van der Waals surface area contributed by atoms with E-state index in [0.717, 1.165) is 12.6 Å². The van der Waals surface area contributed by atoms with Crippen molar-refractivity contribution in [2.24, 2.45) is 0 Å². The van der Waals surface area contributed by atoms with Crippen molar-refractivity contribution in [3.05, 3.63) is 49.0 Å². The molecule has 1 N–H and O–H groups in total. The Labute approximate surface area is 93.8 Å². The quantitative estimate of drug-likeness (QED) is 0.355. The summed E-state index contributed by atoms with van der Waals surface area (Å²) < 4.78 is 0. The molecule has 0 aliphatic carbocycles. The van der Waals surface area contributed by atoms with E-state index < -0.39 is 5.87 Å². The zero-order valence-electron chi connectivity index (χ0n) is 8.47. The molecule has 0 aromatic heterocycles. The Morgan fingerprint density at radius 3 is 2.33 bits per heavy atom. The molecule has 0 heterocycles. The molecule has 4 radical (unpaired) electrons. The van der Waals surface area contributed by atoms with Gasteiger partial charge in [-0.3, -0.25) is 4.79 Å². The second kappa shape index (κ2) is 9.25. The standard InChI is InChI=1S/C9H10B4O2/c1-3-5-7-8(6-4-2)10-12-13-11-9(14)15/h3-7H,1-2H2,(H,14,15)/b7-5-,8-6+. The lowest BCUT2D eigenvalue weighted by molar-refractivity contribution is 0.220. The number of carboxylic acid groups (broad SMARTS) is 1. The first-order chi connectivity index (χ1) is 7.20. The van der Waals surface area contributed by atoms with Crippen LogP contribution in [-0.4, -0.2) is 39.4 Å². The van der Waals surface area contributed by atoms with Gasteiger partial charge in [0.2, 0.25) is 13.0 Å². The van der Waals surface area contributed by atoms with Crippen molar-refractivity contribution in [2.45, 2.75) is 0 Å². The van der Waals surface area contributed by atoms with Crippen molar-refractivity contribution >= 4 is 34.3 Å². The predicted octanol–water partition coefficient (Wildman–Crippen LogP) is 1.04. The zero-order valence-corrected chi connectivity index (χ0v) is 8.47. The molecule has 0 aromatic carbocycles. The second-order valence-electron chi connectivity index (χ2n) is 2.55. The number of allylic oxidation sites excluding steroid dienone is 6. The number of hydrogen-bond donors (Lipinski definition) is 1. The molecular weight excluding hydrogens is 183 g/mol. The molecule has 0 aromatic rings. The molecule has 0 spiro atoms. The van der Waals surface area contributed by atoms with Crippen LogP contribution in [0.3, 0.4) is 0 Å². The lowest BCUT2D eigenvalue weighted by Crippen LogP contribution is -2.24. The summed E-state index contributed by atoms with van der Waals surface area (Å²) in [6.45, 7) is 7.14. The maximum Gasteiger partial charge on any atom is 0.231 e. The summed E-state index contributed by atoms with van der Waals surface area (Å²) in [7, 11) is 5.96. The predicted molar refractivity (Wildman–Crippen MR) is 68.7 cm³/mol. The van der Waals surface area contributed by atoms with Crippen molar-refractivity contribution in [2.75, 3.05) is 0 Å². The van der Waals surface area contributed by atoms with E-state index >= 15 is 0 Å². The minimum absolute atomic E-state index is 0.917. The lowest BCUT2D eigenvalue weighted by atomic mass is 9.07. The molecular formula is C9H10B4O2. The molecule has 6 heteroatoms. The first-order valence-electron chi connectivity index (χ1n) is 4.40. The normalized spacial score (nSPS) is 10.5. The topological polar surface area (TPSA) is 37.3 Å². The molecule has 2 nitrogen and oxygen atoms in total. The van der Waals surface area contributed by atoms with Gasteiger partial charge in [0.25, 0.3) is 0 Å². The largest absolute Gasteiger partial charge is 0.490 e. The molecule has 0 saturated carbocycles. The third-order valence-corrected chi connectivity index (χ3v) is 1.37. The second-order valence-corrected chi connectivity index (χ2v) is 2.55. The van der Waals surface area contributed by atoms with E-state index in [1.165, 1.54) is 7.06 Å². The van der Waals surface area contributed by atoms with Gasteiger partial charge < -0.3 is 5.11 Å². The number of hydrogen-bond acceptors (Lipinski definition) is 1. The van der Waals surface area contributed by atoms with E-state index in [2.05, 4.69) is 13.2 Å². The fourth-order valence-corrected chi connectivity index (χ4v) is 0.786. The lowest BCUT2D eigenvalue weighted by Gasteiger charge is -1.97. The summed E-state index contributed by atoms with van der Waals surface area (Å²) in [6.07, 6.45) is 8.78. The molecule has 0 aliphatic heterocycles. The third kappa shape index (κ3) is 9.00. The summed E-state index contributed by atoms with van der Waals surface area (Å²) in [5, 5.41) is 8.34. The van der Waals surface area contributed by atoms with Gasteiger partial charge in [0.15, 0.2) is 0 Å². The van der Waals surface area contributed by atoms with Crippen molar-refractivity contribution in [1.29, 1.82) is 0 Å². The van der Waals surface area contributed by atoms with Crippen molar-refractivity contribution < 1.29 is 9.90 Å². The Morgan fingerprint density at radius 2 is 1.80 bits per heavy atom. The Bertz CT molecular complexity index is 284. The van der Waals surface area contributed by atoms with Crippen molar-refractivity contribution in [3.8, 4) is 0 Å². The molecule has 0 saturated heterocycles. The Hall–Kier alpha value is -1.31. The zero-order chi connectivity index (χ0) is 11.5. The van der Waals surface area contributed by atoms with Gasteiger partial charge in [0, 0.05) is 14.1 Å². The molecule has 0 amide bonds. The van der Waals surface area contributed by atoms with Crippen LogP contribution in [0.15, 0.2) is 49.0 Å². The fourth-order valence-electron chi connectivity index (χ4n) is 0.786. The first kappa shape index (κ1) is 13.7. The average Bonchev–Trinajstić information content (AvgIpc) is 2.20. The molecule has 0 unspecified atom stereocenters. The van der Waals surface area contributed by atoms with Crippen molar-refractivity contribution in [1.82, 2.24) is 0 Å². The van der Waals surface area contributed by atoms with Crippen LogP contribution < -0.4 is 0 Å². The Morgan fingerprint density at radius 1 is 1.13 bits per heavy atom. The third-order valence-electron chi connectivity index (χ3n) is 1.37. The van der Waals surface area contributed by atoms with E-state index in [4.69, 9.17) is 5.11 Å². The molecule has 0 rings (SSSR count). The van der Waals surface area contributed by atoms with Crippen LogP contribution in [0.1, 0.15) is 0 Å². The van der Waals surface area contributed by atoms with Gasteiger partial charge in [-0.2, -0.15) is 0 Å². The molecule has 0 bridgehead atoms. The van der Waals surface area contributed by atoms with Crippen LogP contribution in [0.25, 0.3) is 0 Å². The minimum Gasteiger partial charge on any atom is -0.490 e. The maximum absolute atomic E-state index is 10.2. The molecule has 0 aliphatic rings. The highest BCUT2D eigenvalue weighted by atomic mass is 16.4. The monoisotopic (exact) mass is 194 g/mol.